The number of rotatable bonds is 1. The van der Waals surface area contributed by atoms with Crippen LogP contribution in [0.15, 0.2) is 42.5 Å². The normalized spacial score (nSPS) is 11.1. The Kier molecular flexibility index (Phi) is 2.48. The molecule has 18 heavy (non-hydrogen) atoms. The molecular formula is C17H17N. The van der Waals surface area contributed by atoms with Gasteiger partial charge < -0.3 is 4.98 Å². The van der Waals surface area contributed by atoms with E-state index in [-0.39, 0.29) is 0 Å². The molecule has 1 heteroatoms. The van der Waals surface area contributed by atoms with E-state index >= 15 is 0 Å². The van der Waals surface area contributed by atoms with Crippen LogP contribution in [0, 0.1) is 20.8 Å². The van der Waals surface area contributed by atoms with E-state index in [9.17, 15) is 0 Å². The summed E-state index contributed by atoms with van der Waals surface area (Å²) in [6.07, 6.45) is 0. The van der Waals surface area contributed by atoms with Crippen LogP contribution in [0.3, 0.4) is 0 Å². The first-order valence-electron chi connectivity index (χ1n) is 6.31. The number of H-pyrrole nitrogens is 1. The monoisotopic (exact) mass is 235 g/mol. The van der Waals surface area contributed by atoms with Crippen LogP contribution in [0.4, 0.5) is 0 Å². The Balaban J connectivity index is 2.26. The van der Waals surface area contributed by atoms with E-state index in [0.29, 0.717) is 0 Å². The Labute approximate surface area is 107 Å². The summed E-state index contributed by atoms with van der Waals surface area (Å²) in [6, 6.07) is 15.2. The molecule has 0 saturated carbocycles. The molecule has 1 nitrogen and oxygen atoms in total. The predicted octanol–water partition coefficient (Wildman–Crippen LogP) is 4.76. The molecule has 3 rings (SSSR count). The molecule has 0 aliphatic rings. The van der Waals surface area contributed by atoms with Crippen LogP contribution in [0.5, 0.6) is 0 Å². The molecule has 90 valence electrons. The lowest BCUT2D eigenvalue weighted by Gasteiger charge is -2.02. The van der Waals surface area contributed by atoms with Crippen molar-refractivity contribution >= 4 is 10.9 Å². The van der Waals surface area contributed by atoms with Crippen molar-refractivity contribution in [3.8, 4) is 11.3 Å². The zero-order chi connectivity index (χ0) is 12.7. The fourth-order valence-corrected chi connectivity index (χ4v) is 2.63. The molecule has 0 atom stereocenters. The second-order valence-corrected chi connectivity index (χ2v) is 5.04. The van der Waals surface area contributed by atoms with Crippen LogP contribution in [-0.4, -0.2) is 4.98 Å². The van der Waals surface area contributed by atoms with E-state index in [1.807, 2.05) is 0 Å². The second-order valence-electron chi connectivity index (χ2n) is 5.04. The number of aromatic amines is 1. The molecule has 0 saturated heterocycles. The van der Waals surface area contributed by atoms with E-state index in [2.05, 4.69) is 68.2 Å². The summed E-state index contributed by atoms with van der Waals surface area (Å²) in [6.45, 7) is 6.46. The zero-order valence-corrected chi connectivity index (χ0v) is 11.0. The number of nitrogens with one attached hydrogen (secondary N) is 1. The van der Waals surface area contributed by atoms with E-state index in [1.165, 1.54) is 38.9 Å². The first-order valence-corrected chi connectivity index (χ1v) is 6.31. The van der Waals surface area contributed by atoms with Crippen LogP contribution in [0.25, 0.3) is 22.2 Å². The molecule has 2 aromatic carbocycles. The van der Waals surface area contributed by atoms with Gasteiger partial charge >= 0.3 is 0 Å². The number of hydrogen-bond acceptors (Lipinski definition) is 0. The molecule has 1 heterocycles. The maximum absolute atomic E-state index is 3.55. The Morgan fingerprint density at radius 1 is 0.833 bits per heavy atom. The van der Waals surface area contributed by atoms with Gasteiger partial charge in [0.2, 0.25) is 0 Å². The summed E-state index contributed by atoms with van der Waals surface area (Å²) >= 11 is 0. The third-order valence-corrected chi connectivity index (χ3v) is 3.51. The van der Waals surface area contributed by atoms with Crippen LogP contribution in [0.2, 0.25) is 0 Å². The summed E-state index contributed by atoms with van der Waals surface area (Å²) in [5, 5.41) is 1.30. The molecule has 0 fully saturated rings. The lowest BCUT2D eigenvalue weighted by atomic mass is 10.1. The fourth-order valence-electron chi connectivity index (χ4n) is 2.63. The molecule has 3 aromatic rings. The van der Waals surface area contributed by atoms with Gasteiger partial charge in [0.15, 0.2) is 0 Å². The SMILES string of the molecule is Cc1cc(C)c2[nH]c(-c3ccccc3C)cc2c1. The van der Waals surface area contributed by atoms with Crippen molar-refractivity contribution in [2.45, 2.75) is 20.8 Å². The molecule has 0 spiro atoms. The molecule has 1 N–H and O–H groups in total. The maximum Gasteiger partial charge on any atom is 0.0488 e. The maximum atomic E-state index is 3.55. The van der Waals surface area contributed by atoms with Gasteiger partial charge in [-0.05, 0) is 44.0 Å². The number of benzene rings is 2. The van der Waals surface area contributed by atoms with E-state index in [4.69, 9.17) is 0 Å². The van der Waals surface area contributed by atoms with Crippen molar-refractivity contribution in [1.82, 2.24) is 4.98 Å². The first kappa shape index (κ1) is 11.1. The highest BCUT2D eigenvalue weighted by atomic mass is 14.7. The lowest BCUT2D eigenvalue weighted by Crippen LogP contribution is -1.82. The first-order chi connectivity index (χ1) is 8.65. The summed E-state index contributed by atoms with van der Waals surface area (Å²) in [5.74, 6) is 0. The van der Waals surface area contributed by atoms with Crippen molar-refractivity contribution < 1.29 is 0 Å². The number of aryl methyl sites for hydroxylation is 3. The minimum absolute atomic E-state index is 1.21. The van der Waals surface area contributed by atoms with Gasteiger partial charge in [-0.15, -0.1) is 0 Å². The standard InChI is InChI=1S/C17H17N/c1-11-8-13(3)17-14(9-11)10-16(18-17)15-7-5-4-6-12(15)2/h4-10,18H,1-3H3. The second kappa shape index (κ2) is 4.02. The largest absolute Gasteiger partial charge is 0.354 e. The minimum atomic E-state index is 1.21. The number of aromatic nitrogens is 1. The van der Waals surface area contributed by atoms with Crippen LogP contribution >= 0.6 is 0 Å². The van der Waals surface area contributed by atoms with E-state index in [1.54, 1.807) is 0 Å². The highest BCUT2D eigenvalue weighted by molar-refractivity contribution is 5.89. The summed E-state index contributed by atoms with van der Waals surface area (Å²) in [4.78, 5) is 3.55. The molecular weight excluding hydrogens is 218 g/mol. The molecule has 0 aliphatic heterocycles. The third-order valence-electron chi connectivity index (χ3n) is 3.51. The summed E-state index contributed by atoms with van der Waals surface area (Å²) in [5.41, 5.74) is 7.67. The van der Waals surface area contributed by atoms with E-state index < -0.39 is 0 Å². The summed E-state index contributed by atoms with van der Waals surface area (Å²) < 4.78 is 0. The number of hydrogen-bond donors (Lipinski definition) is 1. The number of fused-ring (bicyclic) bond motifs is 1. The Bertz CT molecular complexity index is 720. The van der Waals surface area contributed by atoms with Crippen molar-refractivity contribution in [2.75, 3.05) is 0 Å². The van der Waals surface area contributed by atoms with Crippen molar-refractivity contribution in [3.05, 3.63) is 59.2 Å². The molecule has 0 aliphatic carbocycles. The Morgan fingerprint density at radius 3 is 2.39 bits per heavy atom. The van der Waals surface area contributed by atoms with Crippen LogP contribution in [-0.2, 0) is 0 Å². The molecule has 0 amide bonds. The van der Waals surface area contributed by atoms with Gasteiger partial charge in [-0.25, -0.2) is 0 Å². The highest BCUT2D eigenvalue weighted by Crippen LogP contribution is 2.28. The predicted molar refractivity (Wildman–Crippen MR) is 77.9 cm³/mol. The van der Waals surface area contributed by atoms with Gasteiger partial charge in [0.25, 0.3) is 0 Å². The van der Waals surface area contributed by atoms with E-state index in [0.717, 1.165) is 0 Å². The molecule has 0 unspecified atom stereocenters. The van der Waals surface area contributed by atoms with Gasteiger partial charge in [-0.1, -0.05) is 35.9 Å². The van der Waals surface area contributed by atoms with Crippen molar-refractivity contribution in [2.24, 2.45) is 0 Å². The van der Waals surface area contributed by atoms with Gasteiger partial charge in [-0.3, -0.25) is 0 Å². The topological polar surface area (TPSA) is 15.8 Å². The average Bonchev–Trinajstić information content (AvgIpc) is 2.73. The third kappa shape index (κ3) is 1.72. The molecule has 1 aromatic heterocycles. The van der Waals surface area contributed by atoms with Gasteiger partial charge in [0.05, 0.1) is 0 Å². The lowest BCUT2D eigenvalue weighted by molar-refractivity contribution is 1.36. The Hall–Kier alpha value is -2.02. The summed E-state index contributed by atoms with van der Waals surface area (Å²) in [7, 11) is 0. The van der Waals surface area contributed by atoms with Crippen molar-refractivity contribution in [3.63, 3.8) is 0 Å². The van der Waals surface area contributed by atoms with Gasteiger partial charge in [-0.2, -0.15) is 0 Å². The van der Waals surface area contributed by atoms with Crippen LogP contribution < -0.4 is 0 Å². The smallest absolute Gasteiger partial charge is 0.0488 e. The van der Waals surface area contributed by atoms with Crippen LogP contribution in [0.1, 0.15) is 16.7 Å². The Morgan fingerprint density at radius 2 is 1.61 bits per heavy atom. The van der Waals surface area contributed by atoms with Gasteiger partial charge in [0, 0.05) is 22.2 Å². The van der Waals surface area contributed by atoms with Gasteiger partial charge in [0.1, 0.15) is 0 Å². The molecule has 0 bridgehead atoms. The quantitative estimate of drug-likeness (QED) is 0.626. The zero-order valence-electron chi connectivity index (χ0n) is 11.0. The highest BCUT2D eigenvalue weighted by Gasteiger charge is 2.07. The van der Waals surface area contributed by atoms with Crippen molar-refractivity contribution in [1.29, 1.82) is 0 Å². The minimum Gasteiger partial charge on any atom is -0.354 e. The molecule has 0 radical (unpaired) electrons. The fraction of sp³-hybridized carbons (Fsp3) is 0.176. The average molecular weight is 235 g/mol.